The standard InChI is InChI=1S/C20H20F2N2O3S/c21-17-7-6-16(14-18(17)22)28(26,27)24-12-10-23(11-13-24)19(25)20(8-9-20)15-4-2-1-3-5-15/h1-7,14H,8-13H2. The normalized spacial score (nSPS) is 19.4. The molecule has 1 saturated heterocycles. The quantitative estimate of drug-likeness (QED) is 0.784. The lowest BCUT2D eigenvalue weighted by Crippen LogP contribution is -2.52. The van der Waals surface area contributed by atoms with Gasteiger partial charge in [0.15, 0.2) is 11.6 Å². The Morgan fingerprint density at radius 3 is 2.11 bits per heavy atom. The molecule has 28 heavy (non-hydrogen) atoms. The number of benzene rings is 2. The van der Waals surface area contributed by atoms with Crippen LogP contribution >= 0.6 is 0 Å². The highest BCUT2D eigenvalue weighted by molar-refractivity contribution is 7.89. The summed E-state index contributed by atoms with van der Waals surface area (Å²) in [4.78, 5) is 14.5. The summed E-state index contributed by atoms with van der Waals surface area (Å²) in [5.74, 6) is -2.26. The maximum Gasteiger partial charge on any atom is 0.243 e. The molecule has 5 nitrogen and oxygen atoms in total. The van der Waals surface area contributed by atoms with Crippen LogP contribution in [0.3, 0.4) is 0 Å². The SMILES string of the molecule is O=C(N1CCN(S(=O)(=O)c2ccc(F)c(F)c2)CC1)C1(c2ccccc2)CC1. The van der Waals surface area contributed by atoms with Crippen LogP contribution in [0.4, 0.5) is 8.78 Å². The van der Waals surface area contributed by atoms with Gasteiger partial charge >= 0.3 is 0 Å². The van der Waals surface area contributed by atoms with Gasteiger partial charge in [-0.1, -0.05) is 30.3 Å². The first-order valence-electron chi connectivity index (χ1n) is 9.15. The molecule has 1 saturated carbocycles. The van der Waals surface area contributed by atoms with Gasteiger partial charge in [0.1, 0.15) is 0 Å². The summed E-state index contributed by atoms with van der Waals surface area (Å²) in [5.41, 5.74) is 0.513. The van der Waals surface area contributed by atoms with Gasteiger partial charge in [-0.15, -0.1) is 0 Å². The zero-order valence-electron chi connectivity index (χ0n) is 15.1. The fourth-order valence-electron chi connectivity index (χ4n) is 3.73. The number of rotatable bonds is 4. The molecule has 0 atom stereocenters. The third-order valence-corrected chi connectivity index (χ3v) is 7.44. The molecule has 2 aliphatic rings. The van der Waals surface area contributed by atoms with E-state index in [0.717, 1.165) is 30.5 Å². The molecule has 1 aliphatic heterocycles. The number of carbonyl (C=O) groups is 1. The van der Waals surface area contributed by atoms with Gasteiger partial charge in [0.25, 0.3) is 0 Å². The summed E-state index contributed by atoms with van der Waals surface area (Å²) < 4.78 is 53.1. The Morgan fingerprint density at radius 2 is 1.54 bits per heavy atom. The van der Waals surface area contributed by atoms with Crippen LogP contribution in [-0.4, -0.2) is 49.7 Å². The number of hydrogen-bond donors (Lipinski definition) is 0. The smallest absolute Gasteiger partial charge is 0.243 e. The van der Waals surface area contributed by atoms with E-state index in [-0.39, 0.29) is 37.0 Å². The van der Waals surface area contributed by atoms with Crippen LogP contribution in [0.5, 0.6) is 0 Å². The number of carbonyl (C=O) groups excluding carboxylic acids is 1. The molecule has 1 amide bonds. The zero-order valence-corrected chi connectivity index (χ0v) is 16.0. The molecule has 2 aromatic carbocycles. The lowest BCUT2D eigenvalue weighted by Gasteiger charge is -2.36. The minimum Gasteiger partial charge on any atom is -0.339 e. The molecule has 0 unspecified atom stereocenters. The number of nitrogens with zero attached hydrogens (tertiary/aromatic N) is 2. The van der Waals surface area contributed by atoms with Crippen molar-refractivity contribution in [3.63, 3.8) is 0 Å². The van der Waals surface area contributed by atoms with Gasteiger partial charge in [0.2, 0.25) is 15.9 Å². The van der Waals surface area contributed by atoms with E-state index in [1.165, 1.54) is 4.31 Å². The number of halogens is 2. The topological polar surface area (TPSA) is 57.7 Å². The van der Waals surface area contributed by atoms with Crippen LogP contribution in [0.15, 0.2) is 53.4 Å². The molecular weight excluding hydrogens is 386 g/mol. The summed E-state index contributed by atoms with van der Waals surface area (Å²) in [6.45, 7) is 0.794. The van der Waals surface area contributed by atoms with Gasteiger partial charge in [-0.2, -0.15) is 4.31 Å². The van der Waals surface area contributed by atoms with E-state index in [4.69, 9.17) is 0 Å². The van der Waals surface area contributed by atoms with Crippen molar-refractivity contribution in [2.24, 2.45) is 0 Å². The second-order valence-corrected chi connectivity index (χ2v) is 9.16. The third-order valence-electron chi connectivity index (χ3n) is 5.54. The number of amides is 1. The molecule has 2 fully saturated rings. The van der Waals surface area contributed by atoms with Gasteiger partial charge < -0.3 is 4.90 Å². The molecule has 4 rings (SSSR count). The summed E-state index contributed by atoms with van der Waals surface area (Å²) in [5, 5.41) is 0. The largest absolute Gasteiger partial charge is 0.339 e. The molecule has 0 bridgehead atoms. The Kier molecular flexibility index (Phi) is 4.71. The fourth-order valence-corrected chi connectivity index (χ4v) is 5.16. The van der Waals surface area contributed by atoms with Crippen molar-refractivity contribution in [2.75, 3.05) is 26.2 Å². The molecule has 1 aliphatic carbocycles. The summed E-state index contributed by atoms with van der Waals surface area (Å²) >= 11 is 0. The van der Waals surface area contributed by atoms with Crippen LogP contribution in [0.25, 0.3) is 0 Å². The molecule has 0 spiro atoms. The Labute approximate surface area is 162 Å². The Balaban J connectivity index is 1.46. The first-order valence-corrected chi connectivity index (χ1v) is 10.6. The summed E-state index contributed by atoms with van der Waals surface area (Å²) in [7, 11) is -3.93. The van der Waals surface area contributed by atoms with Crippen LogP contribution in [-0.2, 0) is 20.2 Å². The summed E-state index contributed by atoms with van der Waals surface area (Å²) in [6.07, 6.45) is 1.59. The van der Waals surface area contributed by atoms with E-state index in [9.17, 15) is 22.0 Å². The highest BCUT2D eigenvalue weighted by Gasteiger charge is 2.53. The lowest BCUT2D eigenvalue weighted by atomic mass is 9.94. The molecule has 148 valence electrons. The predicted octanol–water partition coefficient (Wildman–Crippen LogP) is 2.53. The summed E-state index contributed by atoms with van der Waals surface area (Å²) in [6, 6.07) is 12.2. The molecule has 0 aromatic heterocycles. The van der Waals surface area contributed by atoms with Crippen LogP contribution in [0.2, 0.25) is 0 Å². The molecule has 2 aromatic rings. The van der Waals surface area contributed by atoms with Gasteiger partial charge in [-0.3, -0.25) is 4.79 Å². The van der Waals surface area contributed by atoms with Gasteiger partial charge in [-0.25, -0.2) is 17.2 Å². The molecule has 0 N–H and O–H groups in total. The monoisotopic (exact) mass is 406 g/mol. The van der Waals surface area contributed by atoms with Crippen LogP contribution in [0, 0.1) is 11.6 Å². The zero-order chi connectivity index (χ0) is 19.9. The predicted molar refractivity (Wildman–Crippen MR) is 99.1 cm³/mol. The minimum atomic E-state index is -3.93. The maximum absolute atomic E-state index is 13.4. The van der Waals surface area contributed by atoms with E-state index in [1.54, 1.807) is 4.90 Å². The number of sulfonamides is 1. The van der Waals surface area contributed by atoms with E-state index < -0.39 is 27.1 Å². The van der Waals surface area contributed by atoms with Crippen molar-refractivity contribution in [3.8, 4) is 0 Å². The minimum absolute atomic E-state index is 0.0311. The van der Waals surface area contributed by atoms with Crippen molar-refractivity contribution < 1.29 is 22.0 Å². The average Bonchev–Trinajstić information content (AvgIpc) is 3.52. The second-order valence-electron chi connectivity index (χ2n) is 7.22. The number of hydrogen-bond acceptors (Lipinski definition) is 3. The highest BCUT2D eigenvalue weighted by Crippen LogP contribution is 2.49. The molecule has 1 heterocycles. The Hall–Kier alpha value is -2.32. The van der Waals surface area contributed by atoms with Gasteiger partial charge in [0, 0.05) is 26.2 Å². The van der Waals surface area contributed by atoms with Crippen molar-refractivity contribution in [1.29, 1.82) is 0 Å². The fraction of sp³-hybridized carbons (Fsp3) is 0.350. The Morgan fingerprint density at radius 1 is 0.893 bits per heavy atom. The van der Waals surface area contributed by atoms with Crippen molar-refractivity contribution in [3.05, 3.63) is 65.7 Å². The third kappa shape index (κ3) is 3.20. The van der Waals surface area contributed by atoms with Gasteiger partial charge in [-0.05, 0) is 36.6 Å². The van der Waals surface area contributed by atoms with E-state index in [1.807, 2.05) is 30.3 Å². The average molecular weight is 406 g/mol. The highest BCUT2D eigenvalue weighted by atomic mass is 32.2. The lowest BCUT2D eigenvalue weighted by molar-refractivity contribution is -0.135. The second kappa shape index (κ2) is 6.93. The van der Waals surface area contributed by atoms with Crippen LogP contribution in [0.1, 0.15) is 18.4 Å². The van der Waals surface area contributed by atoms with E-state index in [0.29, 0.717) is 6.07 Å². The maximum atomic E-state index is 13.4. The van der Waals surface area contributed by atoms with Crippen molar-refractivity contribution >= 4 is 15.9 Å². The van der Waals surface area contributed by atoms with Crippen molar-refractivity contribution in [2.45, 2.75) is 23.2 Å². The molecule has 8 heteroatoms. The first kappa shape index (κ1) is 19.0. The van der Waals surface area contributed by atoms with Crippen molar-refractivity contribution in [1.82, 2.24) is 9.21 Å². The number of piperazine rings is 1. The Bertz CT molecular complexity index is 999. The van der Waals surface area contributed by atoms with E-state index in [2.05, 4.69) is 0 Å². The van der Waals surface area contributed by atoms with Crippen LogP contribution < -0.4 is 0 Å². The molecular formula is C20H20F2N2O3S. The van der Waals surface area contributed by atoms with Gasteiger partial charge in [0.05, 0.1) is 10.3 Å². The molecule has 0 radical (unpaired) electrons. The first-order chi connectivity index (χ1) is 13.3. The van der Waals surface area contributed by atoms with E-state index >= 15 is 0 Å².